The molecule has 4 nitrogen and oxygen atoms in total. The molecule has 96 valence electrons. The van der Waals surface area contributed by atoms with Crippen LogP contribution in [0.1, 0.15) is 19.8 Å². The Hall–Kier alpha value is -1.49. The number of nitrogen functional groups attached to an aromatic ring is 1. The SMILES string of the molecule is CCCOc1cc(OCCCO)c(N)cc1F. The summed E-state index contributed by atoms with van der Waals surface area (Å²) in [5.41, 5.74) is 5.84. The van der Waals surface area contributed by atoms with Crippen molar-refractivity contribution in [3.05, 3.63) is 17.9 Å². The Kier molecular flexibility index (Phi) is 5.56. The van der Waals surface area contributed by atoms with Crippen molar-refractivity contribution < 1.29 is 19.0 Å². The molecule has 17 heavy (non-hydrogen) atoms. The molecular formula is C12H18FNO3. The molecule has 0 atom stereocenters. The van der Waals surface area contributed by atoms with Crippen LogP contribution < -0.4 is 15.2 Å². The monoisotopic (exact) mass is 243 g/mol. The number of benzene rings is 1. The van der Waals surface area contributed by atoms with Crippen molar-refractivity contribution in [2.45, 2.75) is 19.8 Å². The molecule has 0 spiro atoms. The van der Waals surface area contributed by atoms with Crippen LogP contribution in [0.15, 0.2) is 12.1 Å². The highest BCUT2D eigenvalue weighted by atomic mass is 19.1. The van der Waals surface area contributed by atoms with Gasteiger partial charge in [0.1, 0.15) is 5.75 Å². The first-order chi connectivity index (χ1) is 8.19. The molecule has 0 saturated heterocycles. The van der Waals surface area contributed by atoms with E-state index in [9.17, 15) is 4.39 Å². The van der Waals surface area contributed by atoms with Gasteiger partial charge >= 0.3 is 0 Å². The predicted octanol–water partition coefficient (Wildman–Crippen LogP) is 1.96. The van der Waals surface area contributed by atoms with Gasteiger partial charge in [-0.15, -0.1) is 0 Å². The third-order valence-corrected chi connectivity index (χ3v) is 2.09. The maximum Gasteiger partial charge on any atom is 0.167 e. The molecule has 0 aromatic heterocycles. The van der Waals surface area contributed by atoms with E-state index in [2.05, 4.69) is 0 Å². The van der Waals surface area contributed by atoms with Crippen molar-refractivity contribution in [1.82, 2.24) is 0 Å². The minimum Gasteiger partial charge on any atom is -0.491 e. The molecule has 5 heteroatoms. The summed E-state index contributed by atoms with van der Waals surface area (Å²) in [6, 6.07) is 2.62. The molecule has 0 saturated carbocycles. The summed E-state index contributed by atoms with van der Waals surface area (Å²) in [6.45, 7) is 2.75. The molecule has 3 N–H and O–H groups in total. The topological polar surface area (TPSA) is 64.7 Å². The Morgan fingerprint density at radius 1 is 1.24 bits per heavy atom. The first-order valence-corrected chi connectivity index (χ1v) is 5.64. The minimum absolute atomic E-state index is 0.0420. The molecule has 0 aliphatic heterocycles. The highest BCUT2D eigenvalue weighted by Crippen LogP contribution is 2.30. The van der Waals surface area contributed by atoms with E-state index in [1.54, 1.807) is 0 Å². The number of ether oxygens (including phenoxy) is 2. The zero-order valence-electron chi connectivity index (χ0n) is 9.91. The summed E-state index contributed by atoms with van der Waals surface area (Å²) >= 11 is 0. The lowest BCUT2D eigenvalue weighted by Crippen LogP contribution is -2.04. The van der Waals surface area contributed by atoms with Crippen LogP contribution in [0.3, 0.4) is 0 Å². The summed E-state index contributed by atoms with van der Waals surface area (Å²) in [4.78, 5) is 0. The number of anilines is 1. The summed E-state index contributed by atoms with van der Waals surface area (Å²) < 4.78 is 24.0. The van der Waals surface area contributed by atoms with Gasteiger partial charge in [-0.1, -0.05) is 6.92 Å². The van der Waals surface area contributed by atoms with Gasteiger partial charge in [-0.3, -0.25) is 0 Å². The summed E-state index contributed by atoms with van der Waals surface area (Å²) in [5.74, 6) is 0.0245. The normalized spacial score (nSPS) is 10.3. The third kappa shape index (κ3) is 4.11. The van der Waals surface area contributed by atoms with E-state index >= 15 is 0 Å². The lowest BCUT2D eigenvalue weighted by atomic mass is 10.2. The maximum absolute atomic E-state index is 13.4. The average molecular weight is 243 g/mol. The predicted molar refractivity (Wildman–Crippen MR) is 63.8 cm³/mol. The second-order valence-electron chi connectivity index (χ2n) is 3.59. The van der Waals surface area contributed by atoms with Gasteiger partial charge in [0, 0.05) is 25.2 Å². The van der Waals surface area contributed by atoms with Crippen molar-refractivity contribution in [3.8, 4) is 11.5 Å². The number of hydrogen-bond donors (Lipinski definition) is 2. The standard InChI is InChI=1S/C12H18FNO3/c1-2-5-16-11-8-12(17-6-3-4-15)10(14)7-9(11)13/h7-8,15H,2-6,14H2,1H3. The van der Waals surface area contributed by atoms with Crippen LogP contribution in [-0.4, -0.2) is 24.9 Å². The van der Waals surface area contributed by atoms with Gasteiger partial charge in [-0.25, -0.2) is 4.39 Å². The van der Waals surface area contributed by atoms with Gasteiger partial charge in [-0.2, -0.15) is 0 Å². The quantitative estimate of drug-likeness (QED) is 0.567. The number of hydrogen-bond acceptors (Lipinski definition) is 4. The molecule has 0 unspecified atom stereocenters. The van der Waals surface area contributed by atoms with E-state index in [1.807, 2.05) is 6.92 Å². The van der Waals surface area contributed by atoms with E-state index in [1.165, 1.54) is 12.1 Å². The zero-order valence-corrected chi connectivity index (χ0v) is 9.91. The highest BCUT2D eigenvalue weighted by molar-refractivity contribution is 5.56. The van der Waals surface area contributed by atoms with Gasteiger partial charge in [0.15, 0.2) is 11.6 Å². The molecule has 0 amide bonds. The van der Waals surface area contributed by atoms with Gasteiger partial charge < -0.3 is 20.3 Å². The summed E-state index contributed by atoms with van der Waals surface area (Å²) in [6.07, 6.45) is 1.30. The Labute approximate surface area is 100 Å². The second-order valence-corrected chi connectivity index (χ2v) is 3.59. The first-order valence-electron chi connectivity index (χ1n) is 5.64. The van der Waals surface area contributed by atoms with Crippen molar-refractivity contribution >= 4 is 5.69 Å². The van der Waals surface area contributed by atoms with Crippen LogP contribution in [0.5, 0.6) is 11.5 Å². The van der Waals surface area contributed by atoms with Crippen molar-refractivity contribution in [3.63, 3.8) is 0 Å². The van der Waals surface area contributed by atoms with Gasteiger partial charge in [0.25, 0.3) is 0 Å². The largest absolute Gasteiger partial charge is 0.491 e. The number of aliphatic hydroxyl groups excluding tert-OH is 1. The van der Waals surface area contributed by atoms with Crippen molar-refractivity contribution in [2.75, 3.05) is 25.6 Å². The Balaban J connectivity index is 2.74. The summed E-state index contributed by atoms with van der Waals surface area (Å²) in [7, 11) is 0. The minimum atomic E-state index is -0.495. The average Bonchev–Trinajstić information content (AvgIpc) is 2.31. The third-order valence-electron chi connectivity index (χ3n) is 2.09. The maximum atomic E-state index is 13.4. The molecule has 0 fully saturated rings. The Bertz CT molecular complexity index is 358. The zero-order chi connectivity index (χ0) is 12.7. The highest BCUT2D eigenvalue weighted by Gasteiger charge is 2.10. The molecule has 0 bridgehead atoms. The molecule has 1 aromatic rings. The van der Waals surface area contributed by atoms with Gasteiger partial charge in [0.05, 0.1) is 18.9 Å². The van der Waals surface area contributed by atoms with E-state index in [-0.39, 0.29) is 18.0 Å². The van der Waals surface area contributed by atoms with Crippen molar-refractivity contribution in [1.29, 1.82) is 0 Å². The first kappa shape index (κ1) is 13.6. The van der Waals surface area contributed by atoms with Crippen LogP contribution in [0.25, 0.3) is 0 Å². The molecule has 0 aliphatic rings. The Morgan fingerprint density at radius 3 is 2.59 bits per heavy atom. The number of aliphatic hydroxyl groups is 1. The van der Waals surface area contributed by atoms with E-state index in [0.29, 0.717) is 25.4 Å². The van der Waals surface area contributed by atoms with E-state index < -0.39 is 5.82 Å². The lowest BCUT2D eigenvalue weighted by Gasteiger charge is -2.12. The summed E-state index contributed by atoms with van der Waals surface area (Å²) in [5, 5.41) is 8.63. The van der Waals surface area contributed by atoms with Gasteiger partial charge in [0.2, 0.25) is 0 Å². The van der Waals surface area contributed by atoms with E-state index in [0.717, 1.165) is 6.42 Å². The molecule has 0 radical (unpaired) electrons. The molecule has 1 rings (SSSR count). The fraction of sp³-hybridized carbons (Fsp3) is 0.500. The number of rotatable bonds is 7. The van der Waals surface area contributed by atoms with Crippen molar-refractivity contribution in [2.24, 2.45) is 0 Å². The smallest absolute Gasteiger partial charge is 0.167 e. The molecular weight excluding hydrogens is 225 g/mol. The van der Waals surface area contributed by atoms with Crippen LogP contribution in [0.4, 0.5) is 10.1 Å². The number of halogens is 1. The number of nitrogens with two attached hydrogens (primary N) is 1. The van der Waals surface area contributed by atoms with Crippen LogP contribution in [0.2, 0.25) is 0 Å². The lowest BCUT2D eigenvalue weighted by molar-refractivity contribution is 0.232. The van der Waals surface area contributed by atoms with Crippen LogP contribution in [0, 0.1) is 5.82 Å². The Morgan fingerprint density at radius 2 is 1.94 bits per heavy atom. The van der Waals surface area contributed by atoms with Crippen LogP contribution in [-0.2, 0) is 0 Å². The fourth-order valence-corrected chi connectivity index (χ4v) is 1.24. The fourth-order valence-electron chi connectivity index (χ4n) is 1.24. The molecule has 0 aliphatic carbocycles. The molecule has 0 heterocycles. The molecule has 1 aromatic carbocycles. The van der Waals surface area contributed by atoms with E-state index in [4.69, 9.17) is 20.3 Å². The van der Waals surface area contributed by atoms with Gasteiger partial charge in [-0.05, 0) is 6.42 Å². The van der Waals surface area contributed by atoms with Crippen LogP contribution >= 0.6 is 0 Å². The second kappa shape index (κ2) is 6.96.